The van der Waals surface area contributed by atoms with Crippen molar-refractivity contribution >= 4 is 51.1 Å². The number of amides is 1. The van der Waals surface area contributed by atoms with Crippen molar-refractivity contribution < 1.29 is 9.53 Å². The molecule has 3 heterocycles. The van der Waals surface area contributed by atoms with Crippen LogP contribution in [-0.4, -0.2) is 40.3 Å². The van der Waals surface area contributed by atoms with Crippen molar-refractivity contribution in [2.75, 3.05) is 29.7 Å². The van der Waals surface area contributed by atoms with Crippen molar-refractivity contribution in [2.24, 2.45) is 5.10 Å². The van der Waals surface area contributed by atoms with Gasteiger partial charge in [-0.3, -0.25) is 9.78 Å². The van der Waals surface area contributed by atoms with Gasteiger partial charge in [-0.05, 0) is 51.5 Å². The number of hydrogen-bond acceptors (Lipinski definition) is 9. The number of fused-ring (bicyclic) bond motifs is 1. The summed E-state index contributed by atoms with van der Waals surface area (Å²) in [4.78, 5) is 25.6. The van der Waals surface area contributed by atoms with Gasteiger partial charge in [0, 0.05) is 31.3 Å². The Morgan fingerprint density at radius 3 is 2.40 bits per heavy atom. The van der Waals surface area contributed by atoms with Gasteiger partial charge in [-0.15, -0.1) is 11.3 Å². The first-order valence-corrected chi connectivity index (χ1v) is 11.9. The molecule has 9 nitrogen and oxygen atoms in total. The molecule has 4 rings (SSSR count). The van der Waals surface area contributed by atoms with Gasteiger partial charge >= 0.3 is 0 Å². The minimum atomic E-state index is -0.244. The third-order valence-corrected chi connectivity index (χ3v) is 5.74. The van der Waals surface area contributed by atoms with Crippen molar-refractivity contribution in [1.29, 1.82) is 0 Å². The average Bonchev–Trinajstić information content (AvgIpc) is 3.25. The van der Waals surface area contributed by atoms with Crippen LogP contribution in [-0.2, 0) is 4.74 Å². The SMILES string of the molecule is CCOCC.Cc1cc(C)cc(/C=N/Nc2nc(N)c3sc(C(=O)Nc4ccncc4)cc3n2)c1. The van der Waals surface area contributed by atoms with Gasteiger partial charge in [-0.1, -0.05) is 29.3 Å². The number of ether oxygens (including phenoxy) is 1. The maximum absolute atomic E-state index is 12.5. The van der Waals surface area contributed by atoms with Crippen molar-refractivity contribution in [1.82, 2.24) is 15.0 Å². The van der Waals surface area contributed by atoms with Crippen molar-refractivity contribution in [3.05, 3.63) is 70.4 Å². The number of thiophene rings is 1. The molecule has 0 radical (unpaired) electrons. The van der Waals surface area contributed by atoms with E-state index in [4.69, 9.17) is 10.5 Å². The van der Waals surface area contributed by atoms with E-state index in [9.17, 15) is 4.79 Å². The molecular formula is C25H29N7O2S. The number of nitrogens with zero attached hydrogens (tertiary/aromatic N) is 4. The number of rotatable bonds is 7. The fraction of sp³-hybridized carbons (Fsp3) is 0.240. The number of carbonyl (C=O) groups excluding carboxylic acids is 1. The zero-order valence-corrected chi connectivity index (χ0v) is 21.0. The number of hydrazone groups is 1. The molecule has 0 fully saturated rings. The van der Waals surface area contributed by atoms with Gasteiger partial charge in [-0.25, -0.2) is 10.4 Å². The Morgan fingerprint density at radius 2 is 1.77 bits per heavy atom. The van der Waals surface area contributed by atoms with Crippen LogP contribution in [0.2, 0.25) is 0 Å². The molecule has 0 spiro atoms. The predicted octanol–water partition coefficient (Wildman–Crippen LogP) is 5.03. The van der Waals surface area contributed by atoms with E-state index in [1.54, 1.807) is 36.8 Å². The lowest BCUT2D eigenvalue weighted by Crippen LogP contribution is -2.09. The van der Waals surface area contributed by atoms with Crippen LogP contribution in [0.3, 0.4) is 0 Å². The van der Waals surface area contributed by atoms with E-state index in [1.165, 1.54) is 11.3 Å². The van der Waals surface area contributed by atoms with E-state index in [-0.39, 0.29) is 17.7 Å². The van der Waals surface area contributed by atoms with Gasteiger partial charge in [0.05, 0.1) is 21.3 Å². The Labute approximate surface area is 208 Å². The molecule has 3 aromatic heterocycles. The summed E-state index contributed by atoms with van der Waals surface area (Å²) in [5, 5.41) is 7.02. The van der Waals surface area contributed by atoms with Crippen LogP contribution >= 0.6 is 11.3 Å². The lowest BCUT2D eigenvalue weighted by molar-refractivity contribution is 0.103. The Morgan fingerprint density at radius 1 is 1.09 bits per heavy atom. The van der Waals surface area contributed by atoms with Gasteiger partial charge in [0.1, 0.15) is 5.82 Å². The number of carbonyl (C=O) groups is 1. The lowest BCUT2D eigenvalue weighted by Gasteiger charge is -2.02. The van der Waals surface area contributed by atoms with E-state index in [2.05, 4.69) is 36.9 Å². The Kier molecular flexibility index (Phi) is 9.22. The van der Waals surface area contributed by atoms with Crippen molar-refractivity contribution in [2.45, 2.75) is 27.7 Å². The van der Waals surface area contributed by atoms with Gasteiger partial charge in [0.25, 0.3) is 5.91 Å². The Bertz CT molecular complexity index is 1280. The predicted molar refractivity (Wildman–Crippen MR) is 143 cm³/mol. The second kappa shape index (κ2) is 12.5. The summed E-state index contributed by atoms with van der Waals surface area (Å²) in [5.41, 5.74) is 13.4. The Hall–Kier alpha value is -3.89. The van der Waals surface area contributed by atoms with E-state index >= 15 is 0 Å². The summed E-state index contributed by atoms with van der Waals surface area (Å²) in [6.45, 7) is 9.74. The third-order valence-electron chi connectivity index (χ3n) is 4.59. The summed E-state index contributed by atoms with van der Waals surface area (Å²) in [5.74, 6) is 0.308. The summed E-state index contributed by atoms with van der Waals surface area (Å²) < 4.78 is 5.48. The zero-order valence-electron chi connectivity index (χ0n) is 20.2. The third kappa shape index (κ3) is 7.56. The number of aryl methyl sites for hydroxylation is 2. The first kappa shape index (κ1) is 25.7. The van der Waals surface area contributed by atoms with E-state index in [0.717, 1.165) is 29.9 Å². The van der Waals surface area contributed by atoms with E-state index in [0.29, 0.717) is 20.8 Å². The quantitative estimate of drug-likeness (QED) is 0.244. The van der Waals surface area contributed by atoms with Crippen molar-refractivity contribution in [3.63, 3.8) is 0 Å². The number of aromatic nitrogens is 3. The molecular weight excluding hydrogens is 462 g/mol. The van der Waals surface area contributed by atoms with Crippen LogP contribution in [0.25, 0.3) is 10.2 Å². The maximum Gasteiger partial charge on any atom is 0.265 e. The first-order chi connectivity index (χ1) is 16.9. The topological polar surface area (TPSA) is 127 Å². The highest BCUT2D eigenvalue weighted by atomic mass is 32.1. The van der Waals surface area contributed by atoms with Gasteiger partial charge in [0.15, 0.2) is 0 Å². The van der Waals surface area contributed by atoms with Gasteiger partial charge < -0.3 is 15.8 Å². The lowest BCUT2D eigenvalue weighted by atomic mass is 10.1. The molecule has 10 heteroatoms. The second-order valence-electron chi connectivity index (χ2n) is 7.52. The minimum Gasteiger partial charge on any atom is -0.382 e. The number of pyridine rings is 1. The molecule has 0 aliphatic heterocycles. The molecule has 0 saturated carbocycles. The molecule has 0 bridgehead atoms. The van der Waals surface area contributed by atoms with Crippen LogP contribution in [0.15, 0.2) is 53.9 Å². The molecule has 0 saturated heterocycles. The monoisotopic (exact) mass is 491 g/mol. The van der Waals surface area contributed by atoms with E-state index < -0.39 is 0 Å². The highest BCUT2D eigenvalue weighted by Crippen LogP contribution is 2.29. The van der Waals surface area contributed by atoms with Crippen LogP contribution < -0.4 is 16.5 Å². The Balaban J connectivity index is 0.000000623. The van der Waals surface area contributed by atoms with E-state index in [1.807, 2.05) is 39.8 Å². The summed E-state index contributed by atoms with van der Waals surface area (Å²) >= 11 is 1.24. The zero-order chi connectivity index (χ0) is 25.2. The molecule has 0 aliphatic rings. The summed E-state index contributed by atoms with van der Waals surface area (Å²) in [6, 6.07) is 11.3. The fourth-order valence-electron chi connectivity index (χ4n) is 3.19. The second-order valence-corrected chi connectivity index (χ2v) is 8.57. The molecule has 1 aromatic carbocycles. The normalized spacial score (nSPS) is 10.7. The number of hydrogen-bond donors (Lipinski definition) is 3. The molecule has 35 heavy (non-hydrogen) atoms. The van der Waals surface area contributed by atoms with Crippen LogP contribution in [0.5, 0.6) is 0 Å². The fourth-order valence-corrected chi connectivity index (χ4v) is 4.09. The standard InChI is InChI=1S/C21H19N7OS.C4H10O/c1-12-7-13(2)9-14(8-12)11-24-28-21-26-16-10-17(30-18(16)19(22)27-21)20(29)25-15-3-5-23-6-4-15;1-3-5-4-2/h3-11H,1-2H3,(H,23,25,29)(H3,22,26,27,28);3-4H2,1-2H3/b24-11+;. The number of benzene rings is 1. The van der Waals surface area contributed by atoms with Crippen molar-refractivity contribution in [3.8, 4) is 0 Å². The molecule has 0 unspecified atom stereocenters. The minimum absolute atomic E-state index is 0.244. The summed E-state index contributed by atoms with van der Waals surface area (Å²) in [6.07, 6.45) is 4.92. The maximum atomic E-state index is 12.5. The highest BCUT2D eigenvalue weighted by molar-refractivity contribution is 7.21. The van der Waals surface area contributed by atoms with Crippen LogP contribution in [0.1, 0.15) is 40.2 Å². The molecule has 0 aliphatic carbocycles. The number of nitrogen functional groups attached to an aromatic ring is 1. The average molecular weight is 492 g/mol. The van der Waals surface area contributed by atoms with Crippen LogP contribution in [0.4, 0.5) is 17.5 Å². The molecule has 4 aromatic rings. The van der Waals surface area contributed by atoms with Crippen LogP contribution in [0, 0.1) is 13.8 Å². The number of nitrogens with one attached hydrogen (secondary N) is 2. The molecule has 0 atom stereocenters. The smallest absolute Gasteiger partial charge is 0.265 e. The number of nitrogens with two attached hydrogens (primary N) is 1. The largest absolute Gasteiger partial charge is 0.382 e. The van der Waals surface area contributed by atoms with Gasteiger partial charge in [0.2, 0.25) is 5.95 Å². The molecule has 182 valence electrons. The molecule has 1 amide bonds. The highest BCUT2D eigenvalue weighted by Gasteiger charge is 2.15. The first-order valence-electron chi connectivity index (χ1n) is 11.1. The molecule has 4 N–H and O–H groups in total. The van der Waals surface area contributed by atoms with Gasteiger partial charge in [-0.2, -0.15) is 10.1 Å². The summed E-state index contributed by atoms with van der Waals surface area (Å²) in [7, 11) is 0. The number of anilines is 3.